The number of nitrogens with one attached hydrogen (secondary N) is 1. The van der Waals surface area contributed by atoms with Gasteiger partial charge in [-0.3, -0.25) is 4.79 Å². The van der Waals surface area contributed by atoms with E-state index in [4.69, 9.17) is 21.8 Å². The van der Waals surface area contributed by atoms with E-state index in [1.807, 2.05) is 0 Å². The van der Waals surface area contributed by atoms with Crippen molar-refractivity contribution in [1.82, 2.24) is 0 Å². The van der Waals surface area contributed by atoms with E-state index < -0.39 is 11.8 Å². The minimum atomic E-state index is -1.06. The lowest BCUT2D eigenvalue weighted by atomic mass is 10.1. The number of phenols is 1. The van der Waals surface area contributed by atoms with E-state index in [9.17, 15) is 14.3 Å². The van der Waals surface area contributed by atoms with Crippen molar-refractivity contribution in [2.45, 2.75) is 13.0 Å². The van der Waals surface area contributed by atoms with Crippen molar-refractivity contribution in [2.75, 3.05) is 5.32 Å². The van der Waals surface area contributed by atoms with Gasteiger partial charge in [0.2, 0.25) is 0 Å². The van der Waals surface area contributed by atoms with Gasteiger partial charge < -0.3 is 20.6 Å². The molecule has 0 unspecified atom stereocenters. The first-order valence-corrected chi connectivity index (χ1v) is 6.68. The van der Waals surface area contributed by atoms with Gasteiger partial charge in [0, 0.05) is 17.8 Å². The van der Waals surface area contributed by atoms with Gasteiger partial charge >= 0.3 is 5.97 Å². The van der Waals surface area contributed by atoms with E-state index >= 15 is 0 Å². The Kier molecular flexibility index (Phi) is 4.85. The summed E-state index contributed by atoms with van der Waals surface area (Å²) in [4.78, 5) is 10.9. The molecule has 0 aromatic heterocycles. The molecule has 7 heteroatoms. The van der Waals surface area contributed by atoms with Gasteiger partial charge in [-0.15, -0.1) is 0 Å². The van der Waals surface area contributed by atoms with Crippen molar-refractivity contribution in [1.29, 1.82) is 0 Å². The number of hydrogen-bond acceptors (Lipinski definition) is 4. The average molecular weight is 326 g/mol. The zero-order chi connectivity index (χ0) is 16.3. The van der Waals surface area contributed by atoms with Gasteiger partial charge in [0.05, 0.1) is 23.7 Å². The Balaban J connectivity index is 2.43. The smallest absolute Gasteiger partial charge is 0.307 e. The Morgan fingerprint density at radius 1 is 1.27 bits per heavy atom. The third-order valence-electron chi connectivity index (χ3n) is 2.98. The molecule has 0 radical (unpaired) electrons. The second kappa shape index (κ2) is 6.64. The van der Waals surface area contributed by atoms with E-state index in [0.717, 1.165) is 6.07 Å². The molecule has 0 saturated heterocycles. The highest BCUT2D eigenvalue weighted by Gasteiger charge is 2.13. The van der Waals surface area contributed by atoms with Crippen molar-refractivity contribution in [3.63, 3.8) is 0 Å². The van der Waals surface area contributed by atoms with Crippen molar-refractivity contribution >= 4 is 28.9 Å². The normalized spacial score (nSPS) is 10.5. The fraction of sp³-hybridized carbons (Fsp3) is 0.133. The van der Waals surface area contributed by atoms with Gasteiger partial charge in [-0.05, 0) is 17.2 Å². The van der Waals surface area contributed by atoms with Crippen molar-refractivity contribution in [3.8, 4) is 5.75 Å². The molecule has 0 amide bonds. The van der Waals surface area contributed by atoms with Gasteiger partial charge in [0.15, 0.2) is 5.82 Å². The first kappa shape index (κ1) is 16.1. The second-order valence-electron chi connectivity index (χ2n) is 4.63. The van der Waals surface area contributed by atoms with Gasteiger partial charge in [-0.2, -0.15) is 0 Å². The van der Waals surface area contributed by atoms with Crippen LogP contribution in [0.1, 0.15) is 11.1 Å². The molecule has 0 atom stereocenters. The molecule has 116 valence electrons. The molecule has 0 bridgehead atoms. The third-order valence-corrected chi connectivity index (χ3v) is 3.28. The number of benzene rings is 2. The zero-order valence-electron chi connectivity index (χ0n) is 11.3. The highest BCUT2D eigenvalue weighted by molar-refractivity contribution is 6.33. The first-order valence-electron chi connectivity index (χ1n) is 6.30. The summed E-state index contributed by atoms with van der Waals surface area (Å²) in [5.74, 6) is -2.14. The monoisotopic (exact) mass is 325 g/mol. The number of phenolic OH excluding ortho intramolecular Hbond substituents is 1. The molecule has 0 heterocycles. The van der Waals surface area contributed by atoms with Crippen LogP contribution in [0.5, 0.6) is 5.75 Å². The molecule has 22 heavy (non-hydrogen) atoms. The van der Waals surface area contributed by atoms with Crippen LogP contribution in [0.3, 0.4) is 0 Å². The summed E-state index contributed by atoms with van der Waals surface area (Å²) in [5.41, 5.74) is 1.20. The molecule has 0 aliphatic carbocycles. The van der Waals surface area contributed by atoms with E-state index in [1.165, 1.54) is 18.2 Å². The summed E-state index contributed by atoms with van der Waals surface area (Å²) in [6.07, 6.45) is -0.298. The molecule has 4 N–H and O–H groups in total. The van der Waals surface area contributed by atoms with Crippen LogP contribution in [0.4, 0.5) is 15.8 Å². The minimum absolute atomic E-state index is 0.0370. The molecule has 0 aliphatic rings. The minimum Gasteiger partial charge on any atom is -0.508 e. The lowest BCUT2D eigenvalue weighted by Crippen LogP contribution is -2.05. The summed E-state index contributed by atoms with van der Waals surface area (Å²) in [7, 11) is 0. The second-order valence-corrected chi connectivity index (χ2v) is 5.04. The average Bonchev–Trinajstić information content (AvgIpc) is 2.43. The number of rotatable bonds is 5. The molecule has 2 aromatic carbocycles. The van der Waals surface area contributed by atoms with Crippen LogP contribution in [0, 0.1) is 5.82 Å². The molecule has 2 rings (SSSR count). The standard InChI is InChI=1S/C15H13ClFNO4/c16-11-5-10(20)6-12(17)15(11)18-13-2-1-8(7-19)3-9(13)4-14(21)22/h1-3,5-6,18-20H,4,7H2,(H,21,22). The number of carboxylic acids is 1. The van der Waals surface area contributed by atoms with Gasteiger partial charge in [0.1, 0.15) is 5.75 Å². The van der Waals surface area contributed by atoms with Crippen LogP contribution in [-0.4, -0.2) is 21.3 Å². The van der Waals surface area contributed by atoms with E-state index in [-0.39, 0.29) is 29.5 Å². The maximum atomic E-state index is 13.9. The molecular weight excluding hydrogens is 313 g/mol. The molecule has 5 nitrogen and oxygen atoms in total. The van der Waals surface area contributed by atoms with Crippen molar-refractivity contribution < 1.29 is 24.5 Å². The Labute approximate surface area is 130 Å². The molecule has 0 saturated carbocycles. The topological polar surface area (TPSA) is 89.8 Å². The predicted molar refractivity (Wildman–Crippen MR) is 80.1 cm³/mol. The van der Waals surface area contributed by atoms with Gasteiger partial charge in [0.25, 0.3) is 0 Å². The molecule has 0 fully saturated rings. The maximum Gasteiger partial charge on any atom is 0.307 e. The van der Waals surface area contributed by atoms with Crippen LogP contribution in [0.25, 0.3) is 0 Å². The van der Waals surface area contributed by atoms with Crippen LogP contribution in [-0.2, 0) is 17.8 Å². The molecule has 0 aliphatic heterocycles. The fourth-order valence-corrected chi connectivity index (χ4v) is 2.24. The summed E-state index contributed by atoms with van der Waals surface area (Å²) < 4.78 is 13.9. The SMILES string of the molecule is O=C(O)Cc1cc(CO)ccc1Nc1c(F)cc(O)cc1Cl. The number of carboxylic acid groups (broad SMARTS) is 1. The summed E-state index contributed by atoms with van der Waals surface area (Å²) in [6.45, 7) is -0.235. The maximum absolute atomic E-state index is 13.9. The summed E-state index contributed by atoms with van der Waals surface area (Å²) >= 11 is 5.88. The summed E-state index contributed by atoms with van der Waals surface area (Å²) in [6, 6.07) is 6.70. The number of aliphatic hydroxyl groups is 1. The largest absolute Gasteiger partial charge is 0.508 e. The van der Waals surface area contributed by atoms with E-state index in [2.05, 4.69) is 5.32 Å². The number of aliphatic carboxylic acids is 1. The van der Waals surface area contributed by atoms with Crippen LogP contribution < -0.4 is 5.32 Å². The Hall–Kier alpha value is -2.31. The highest BCUT2D eigenvalue weighted by Crippen LogP contribution is 2.33. The zero-order valence-corrected chi connectivity index (χ0v) is 12.1. The van der Waals surface area contributed by atoms with E-state index in [0.29, 0.717) is 16.8 Å². The number of hydrogen-bond donors (Lipinski definition) is 4. The molecule has 2 aromatic rings. The first-order chi connectivity index (χ1) is 10.4. The number of aliphatic hydroxyl groups excluding tert-OH is 1. The number of anilines is 2. The van der Waals surface area contributed by atoms with Crippen LogP contribution in [0.2, 0.25) is 5.02 Å². The highest BCUT2D eigenvalue weighted by atomic mass is 35.5. The van der Waals surface area contributed by atoms with Gasteiger partial charge in [-0.1, -0.05) is 23.7 Å². The Morgan fingerprint density at radius 2 is 2.00 bits per heavy atom. The molecular formula is C15H13ClFNO4. The Bertz CT molecular complexity index is 698. The van der Waals surface area contributed by atoms with Crippen molar-refractivity contribution in [3.05, 3.63) is 52.3 Å². The summed E-state index contributed by atoms with van der Waals surface area (Å²) in [5, 5.41) is 30.0. The van der Waals surface area contributed by atoms with Crippen LogP contribution >= 0.6 is 11.6 Å². The quantitative estimate of drug-likeness (QED) is 0.634. The van der Waals surface area contributed by atoms with E-state index in [1.54, 1.807) is 6.07 Å². The Morgan fingerprint density at radius 3 is 2.59 bits per heavy atom. The number of halogens is 2. The fourth-order valence-electron chi connectivity index (χ4n) is 1.99. The van der Waals surface area contributed by atoms with Crippen molar-refractivity contribution in [2.24, 2.45) is 0 Å². The number of carbonyl (C=O) groups is 1. The number of aromatic hydroxyl groups is 1. The molecule has 0 spiro atoms. The lowest BCUT2D eigenvalue weighted by Gasteiger charge is -2.14. The third kappa shape index (κ3) is 3.66. The van der Waals surface area contributed by atoms with Gasteiger partial charge in [-0.25, -0.2) is 4.39 Å². The lowest BCUT2D eigenvalue weighted by molar-refractivity contribution is -0.136. The van der Waals surface area contributed by atoms with Crippen LogP contribution in [0.15, 0.2) is 30.3 Å². The predicted octanol–water partition coefficient (Wildman–Crippen LogP) is 3.05.